The summed E-state index contributed by atoms with van der Waals surface area (Å²) in [6.45, 7) is 2.04. The van der Waals surface area contributed by atoms with Crippen LogP contribution in [0.3, 0.4) is 0 Å². The first-order chi connectivity index (χ1) is 9.52. The highest BCUT2D eigenvalue weighted by Gasteiger charge is 2.15. The van der Waals surface area contributed by atoms with Gasteiger partial charge >= 0.3 is 0 Å². The molecule has 1 atom stereocenters. The second-order valence-corrected chi connectivity index (χ2v) is 5.74. The molecule has 102 valence electrons. The van der Waals surface area contributed by atoms with E-state index in [0.717, 1.165) is 16.5 Å². The topological polar surface area (TPSA) is 39.2 Å². The summed E-state index contributed by atoms with van der Waals surface area (Å²) in [4.78, 5) is 0. The maximum Gasteiger partial charge on any atom is 0.134 e. The minimum atomic E-state index is -0.390. The number of nitrogens with two attached hydrogens (primary N) is 1. The van der Waals surface area contributed by atoms with E-state index in [4.69, 9.17) is 33.4 Å². The Bertz CT molecular complexity index is 759. The summed E-state index contributed by atoms with van der Waals surface area (Å²) >= 11 is 12.0. The van der Waals surface area contributed by atoms with Crippen LogP contribution in [0.1, 0.15) is 22.9 Å². The molecule has 0 spiro atoms. The minimum absolute atomic E-state index is 0.390. The molecule has 1 unspecified atom stereocenters. The summed E-state index contributed by atoms with van der Waals surface area (Å²) in [5, 5.41) is 2.17. The van der Waals surface area contributed by atoms with Gasteiger partial charge in [-0.1, -0.05) is 34.8 Å². The van der Waals surface area contributed by atoms with E-state index in [-0.39, 0.29) is 6.04 Å². The normalized spacial score (nSPS) is 12.8. The molecule has 3 aromatic rings. The number of benzene rings is 2. The summed E-state index contributed by atoms with van der Waals surface area (Å²) in [5.74, 6) is 0.698. The average Bonchev–Trinajstić information content (AvgIpc) is 2.79. The Morgan fingerprint density at radius 3 is 2.40 bits per heavy atom. The van der Waals surface area contributed by atoms with Crippen LogP contribution < -0.4 is 5.73 Å². The van der Waals surface area contributed by atoms with Gasteiger partial charge in [0.05, 0.1) is 6.04 Å². The van der Waals surface area contributed by atoms with Gasteiger partial charge in [-0.3, -0.25) is 0 Å². The molecule has 0 aliphatic rings. The van der Waals surface area contributed by atoms with E-state index in [1.807, 2.05) is 25.1 Å². The van der Waals surface area contributed by atoms with Crippen LogP contribution >= 0.6 is 23.2 Å². The van der Waals surface area contributed by atoms with Crippen molar-refractivity contribution >= 4 is 34.2 Å². The molecule has 0 saturated carbocycles. The summed E-state index contributed by atoms with van der Waals surface area (Å²) < 4.78 is 5.81. The maximum absolute atomic E-state index is 6.24. The molecule has 0 bridgehead atoms. The molecule has 1 aromatic heterocycles. The van der Waals surface area contributed by atoms with Gasteiger partial charge in [-0.25, -0.2) is 0 Å². The Hall–Kier alpha value is -1.48. The van der Waals surface area contributed by atoms with Gasteiger partial charge < -0.3 is 10.2 Å². The zero-order valence-corrected chi connectivity index (χ0v) is 12.4. The van der Waals surface area contributed by atoms with E-state index in [1.165, 1.54) is 5.56 Å². The molecule has 2 nitrogen and oxygen atoms in total. The molecule has 0 radical (unpaired) electrons. The second-order valence-electron chi connectivity index (χ2n) is 4.87. The van der Waals surface area contributed by atoms with Crippen molar-refractivity contribution in [3.05, 3.63) is 69.4 Å². The Morgan fingerprint density at radius 2 is 1.70 bits per heavy atom. The number of aryl methyl sites for hydroxylation is 1. The van der Waals surface area contributed by atoms with Crippen molar-refractivity contribution < 1.29 is 4.42 Å². The monoisotopic (exact) mass is 305 g/mol. The van der Waals surface area contributed by atoms with Crippen LogP contribution in [0.4, 0.5) is 0 Å². The fraction of sp³-hybridized carbons (Fsp3) is 0.125. The SMILES string of the molecule is Cc1ccc2oc(C(N)c3cc(Cl)cc(Cl)c3)cc2c1. The number of hydrogen-bond acceptors (Lipinski definition) is 2. The van der Waals surface area contributed by atoms with Gasteiger partial charge in [-0.15, -0.1) is 0 Å². The highest BCUT2D eigenvalue weighted by atomic mass is 35.5. The number of halogens is 2. The van der Waals surface area contributed by atoms with Gasteiger partial charge in [0.25, 0.3) is 0 Å². The highest BCUT2D eigenvalue weighted by Crippen LogP contribution is 2.30. The van der Waals surface area contributed by atoms with Crippen molar-refractivity contribution in [3.8, 4) is 0 Å². The molecule has 20 heavy (non-hydrogen) atoms. The minimum Gasteiger partial charge on any atom is -0.459 e. The van der Waals surface area contributed by atoms with Crippen molar-refractivity contribution in [1.82, 2.24) is 0 Å². The van der Waals surface area contributed by atoms with Crippen molar-refractivity contribution in [1.29, 1.82) is 0 Å². The first kappa shape index (κ1) is 13.5. The first-order valence-electron chi connectivity index (χ1n) is 6.24. The molecule has 2 N–H and O–H groups in total. The second kappa shape index (κ2) is 5.13. The van der Waals surface area contributed by atoms with Gasteiger partial charge in [-0.2, -0.15) is 0 Å². The van der Waals surface area contributed by atoms with Gasteiger partial charge in [0, 0.05) is 15.4 Å². The molecule has 0 aliphatic carbocycles. The third-order valence-electron chi connectivity index (χ3n) is 3.24. The van der Waals surface area contributed by atoms with E-state index in [9.17, 15) is 0 Å². The average molecular weight is 306 g/mol. The van der Waals surface area contributed by atoms with Gasteiger partial charge in [0.2, 0.25) is 0 Å². The Balaban J connectivity index is 2.05. The van der Waals surface area contributed by atoms with Crippen LogP contribution in [-0.4, -0.2) is 0 Å². The zero-order valence-electron chi connectivity index (χ0n) is 10.9. The lowest BCUT2D eigenvalue weighted by Crippen LogP contribution is -2.10. The third-order valence-corrected chi connectivity index (χ3v) is 3.68. The molecule has 0 fully saturated rings. The lowest BCUT2D eigenvalue weighted by atomic mass is 10.1. The third kappa shape index (κ3) is 2.55. The maximum atomic E-state index is 6.24. The summed E-state index contributed by atoms with van der Waals surface area (Å²) in [7, 11) is 0. The summed E-state index contributed by atoms with van der Waals surface area (Å²) in [5.41, 5.74) is 9.09. The fourth-order valence-electron chi connectivity index (χ4n) is 2.26. The van der Waals surface area contributed by atoms with Crippen LogP contribution in [0, 0.1) is 6.92 Å². The number of hydrogen-bond donors (Lipinski definition) is 1. The molecule has 0 aliphatic heterocycles. The van der Waals surface area contributed by atoms with Crippen LogP contribution in [0.2, 0.25) is 10.0 Å². The van der Waals surface area contributed by atoms with E-state index in [2.05, 4.69) is 6.07 Å². The fourth-order valence-corrected chi connectivity index (χ4v) is 2.80. The predicted octanol–water partition coefficient (Wildman–Crippen LogP) is 5.10. The van der Waals surface area contributed by atoms with E-state index >= 15 is 0 Å². The largest absolute Gasteiger partial charge is 0.459 e. The van der Waals surface area contributed by atoms with Crippen molar-refractivity contribution in [2.24, 2.45) is 5.73 Å². The predicted molar refractivity (Wildman–Crippen MR) is 83.4 cm³/mol. The van der Waals surface area contributed by atoms with Crippen LogP contribution in [0.15, 0.2) is 46.9 Å². The Morgan fingerprint density at radius 1 is 1.00 bits per heavy atom. The molecular formula is C16H13Cl2NO. The number of furan rings is 1. The zero-order chi connectivity index (χ0) is 14.3. The molecule has 2 aromatic carbocycles. The van der Waals surface area contributed by atoms with Crippen molar-refractivity contribution in [2.45, 2.75) is 13.0 Å². The smallest absolute Gasteiger partial charge is 0.134 e. The highest BCUT2D eigenvalue weighted by molar-refractivity contribution is 6.34. The van der Waals surface area contributed by atoms with E-state index < -0.39 is 0 Å². The standard InChI is InChI=1S/C16H13Cl2NO/c1-9-2-3-14-10(4-9)7-15(20-14)16(19)11-5-12(17)8-13(18)6-11/h2-8,16H,19H2,1H3. The van der Waals surface area contributed by atoms with Gasteiger partial charge in [-0.05, 0) is 48.9 Å². The Labute approximate surface area is 127 Å². The molecule has 4 heteroatoms. The van der Waals surface area contributed by atoms with Crippen LogP contribution in [0.25, 0.3) is 11.0 Å². The molecular weight excluding hydrogens is 293 g/mol. The summed E-state index contributed by atoms with van der Waals surface area (Å²) in [6, 6.07) is 12.9. The van der Waals surface area contributed by atoms with Crippen molar-refractivity contribution in [3.63, 3.8) is 0 Å². The molecule has 1 heterocycles. The van der Waals surface area contributed by atoms with E-state index in [1.54, 1.807) is 18.2 Å². The molecule has 3 rings (SSSR count). The number of fused-ring (bicyclic) bond motifs is 1. The lowest BCUT2D eigenvalue weighted by Gasteiger charge is -2.10. The van der Waals surface area contributed by atoms with Crippen LogP contribution in [-0.2, 0) is 0 Å². The summed E-state index contributed by atoms with van der Waals surface area (Å²) in [6.07, 6.45) is 0. The van der Waals surface area contributed by atoms with Crippen LogP contribution in [0.5, 0.6) is 0 Å². The van der Waals surface area contributed by atoms with Crippen molar-refractivity contribution in [2.75, 3.05) is 0 Å². The molecule has 0 amide bonds. The quantitative estimate of drug-likeness (QED) is 0.715. The Kier molecular flexibility index (Phi) is 3.47. The molecule has 0 saturated heterocycles. The lowest BCUT2D eigenvalue weighted by molar-refractivity contribution is 0.525. The number of rotatable bonds is 2. The van der Waals surface area contributed by atoms with E-state index in [0.29, 0.717) is 15.8 Å². The van der Waals surface area contributed by atoms with Gasteiger partial charge in [0.1, 0.15) is 11.3 Å². The first-order valence-corrected chi connectivity index (χ1v) is 7.00. The van der Waals surface area contributed by atoms with Gasteiger partial charge in [0.15, 0.2) is 0 Å².